The standard InChI is InChI=1S/C22H27ClN4O3/c1-26(2)20-8-7-16(25-22(29)17-5-3-4-6-19(17)23)15-18(20)21(28)24-9-10-27-11-13-30-14-12-27/h3-8,15H,9-14H2,1-2H3,(H,24,28)(H,25,29). The fourth-order valence-electron chi connectivity index (χ4n) is 3.28. The predicted molar refractivity (Wildman–Crippen MR) is 120 cm³/mol. The van der Waals surface area contributed by atoms with Crippen LogP contribution in [0.3, 0.4) is 0 Å². The molecular formula is C22H27ClN4O3. The maximum absolute atomic E-state index is 12.9. The van der Waals surface area contributed by atoms with Crippen LogP contribution in [0.15, 0.2) is 42.5 Å². The minimum atomic E-state index is -0.322. The third-order valence-corrected chi connectivity index (χ3v) is 5.25. The molecule has 160 valence electrons. The van der Waals surface area contributed by atoms with Gasteiger partial charge in [0.2, 0.25) is 0 Å². The van der Waals surface area contributed by atoms with Crippen molar-refractivity contribution in [3.63, 3.8) is 0 Å². The number of hydrogen-bond acceptors (Lipinski definition) is 5. The Kier molecular flexibility index (Phi) is 7.68. The van der Waals surface area contributed by atoms with E-state index in [1.165, 1.54) is 0 Å². The van der Waals surface area contributed by atoms with Crippen LogP contribution in [0.2, 0.25) is 5.02 Å². The summed E-state index contributed by atoms with van der Waals surface area (Å²) in [4.78, 5) is 29.6. The lowest BCUT2D eigenvalue weighted by atomic mass is 10.1. The monoisotopic (exact) mass is 430 g/mol. The van der Waals surface area contributed by atoms with Gasteiger partial charge in [0, 0.05) is 51.6 Å². The van der Waals surface area contributed by atoms with Gasteiger partial charge in [-0.3, -0.25) is 14.5 Å². The zero-order chi connectivity index (χ0) is 21.5. The average Bonchev–Trinajstić information content (AvgIpc) is 2.74. The third-order valence-electron chi connectivity index (χ3n) is 4.92. The molecule has 1 aliphatic heterocycles. The van der Waals surface area contributed by atoms with Crippen LogP contribution in [0, 0.1) is 0 Å². The van der Waals surface area contributed by atoms with E-state index in [0.717, 1.165) is 38.5 Å². The summed E-state index contributed by atoms with van der Waals surface area (Å²) in [6, 6.07) is 12.1. The van der Waals surface area contributed by atoms with E-state index in [2.05, 4.69) is 15.5 Å². The van der Waals surface area contributed by atoms with Crippen molar-refractivity contribution in [2.24, 2.45) is 0 Å². The molecule has 2 amide bonds. The van der Waals surface area contributed by atoms with E-state index in [1.54, 1.807) is 36.4 Å². The van der Waals surface area contributed by atoms with Gasteiger partial charge in [-0.25, -0.2) is 0 Å². The number of ether oxygens (including phenoxy) is 1. The number of nitrogens with zero attached hydrogens (tertiary/aromatic N) is 2. The number of anilines is 2. The summed E-state index contributed by atoms with van der Waals surface area (Å²) in [5.41, 5.74) is 2.18. The summed E-state index contributed by atoms with van der Waals surface area (Å²) in [5, 5.41) is 6.18. The van der Waals surface area contributed by atoms with E-state index in [-0.39, 0.29) is 11.8 Å². The van der Waals surface area contributed by atoms with Gasteiger partial charge in [0.05, 0.1) is 29.4 Å². The molecule has 2 N–H and O–H groups in total. The van der Waals surface area contributed by atoms with Crippen LogP contribution in [0.5, 0.6) is 0 Å². The Hall–Kier alpha value is -2.61. The number of carbonyl (C=O) groups is 2. The van der Waals surface area contributed by atoms with E-state index in [4.69, 9.17) is 16.3 Å². The van der Waals surface area contributed by atoms with Crippen molar-refractivity contribution in [3.8, 4) is 0 Å². The lowest BCUT2D eigenvalue weighted by molar-refractivity contribution is 0.0383. The highest BCUT2D eigenvalue weighted by atomic mass is 35.5. The van der Waals surface area contributed by atoms with Gasteiger partial charge in [-0.05, 0) is 30.3 Å². The number of nitrogens with one attached hydrogen (secondary N) is 2. The van der Waals surface area contributed by atoms with Crippen LogP contribution in [-0.2, 0) is 4.74 Å². The van der Waals surface area contributed by atoms with Crippen LogP contribution in [-0.4, -0.2) is 70.2 Å². The van der Waals surface area contributed by atoms with Crippen molar-refractivity contribution in [1.82, 2.24) is 10.2 Å². The largest absolute Gasteiger partial charge is 0.379 e. The first kappa shape index (κ1) is 22.1. The molecule has 2 aromatic carbocycles. The summed E-state index contributed by atoms with van der Waals surface area (Å²) < 4.78 is 5.35. The molecule has 1 saturated heterocycles. The van der Waals surface area contributed by atoms with E-state index >= 15 is 0 Å². The van der Waals surface area contributed by atoms with Gasteiger partial charge in [-0.2, -0.15) is 0 Å². The lowest BCUT2D eigenvalue weighted by Gasteiger charge is -2.26. The molecule has 0 aromatic heterocycles. The maximum Gasteiger partial charge on any atom is 0.257 e. The van der Waals surface area contributed by atoms with Crippen LogP contribution in [0.4, 0.5) is 11.4 Å². The zero-order valence-corrected chi connectivity index (χ0v) is 18.0. The van der Waals surface area contributed by atoms with Crippen LogP contribution < -0.4 is 15.5 Å². The first-order valence-corrected chi connectivity index (χ1v) is 10.3. The van der Waals surface area contributed by atoms with Crippen molar-refractivity contribution in [2.45, 2.75) is 0 Å². The molecule has 0 spiro atoms. The smallest absolute Gasteiger partial charge is 0.257 e. The maximum atomic E-state index is 12.9. The Bertz CT molecular complexity index is 898. The third kappa shape index (κ3) is 5.72. The Labute approximate surface area is 181 Å². The quantitative estimate of drug-likeness (QED) is 0.706. The van der Waals surface area contributed by atoms with Gasteiger partial charge in [-0.15, -0.1) is 0 Å². The molecule has 8 heteroatoms. The second-order valence-electron chi connectivity index (χ2n) is 7.27. The van der Waals surface area contributed by atoms with Crippen LogP contribution in [0.25, 0.3) is 0 Å². The lowest BCUT2D eigenvalue weighted by Crippen LogP contribution is -2.41. The minimum Gasteiger partial charge on any atom is -0.379 e. The van der Waals surface area contributed by atoms with Gasteiger partial charge in [0.15, 0.2) is 0 Å². The summed E-state index contributed by atoms with van der Waals surface area (Å²) in [6.07, 6.45) is 0. The molecule has 1 heterocycles. The molecule has 30 heavy (non-hydrogen) atoms. The number of benzene rings is 2. The highest BCUT2D eigenvalue weighted by molar-refractivity contribution is 6.34. The SMILES string of the molecule is CN(C)c1ccc(NC(=O)c2ccccc2Cl)cc1C(=O)NCCN1CCOCC1. The second kappa shape index (κ2) is 10.4. The molecule has 0 saturated carbocycles. The van der Waals surface area contributed by atoms with Gasteiger partial charge < -0.3 is 20.3 Å². The molecule has 0 radical (unpaired) electrons. The van der Waals surface area contributed by atoms with Crippen molar-refractivity contribution >= 4 is 34.8 Å². The van der Waals surface area contributed by atoms with Crippen molar-refractivity contribution in [2.75, 3.05) is 63.7 Å². The Balaban J connectivity index is 1.69. The topological polar surface area (TPSA) is 73.9 Å². The van der Waals surface area contributed by atoms with Gasteiger partial charge in [0.1, 0.15) is 0 Å². The Morgan fingerprint density at radius 3 is 2.50 bits per heavy atom. The first-order valence-electron chi connectivity index (χ1n) is 9.91. The molecule has 0 atom stereocenters. The summed E-state index contributed by atoms with van der Waals surface area (Å²) >= 11 is 6.11. The zero-order valence-electron chi connectivity index (χ0n) is 17.3. The Morgan fingerprint density at radius 2 is 1.80 bits per heavy atom. The molecule has 1 fully saturated rings. The minimum absolute atomic E-state index is 0.180. The Morgan fingerprint density at radius 1 is 1.07 bits per heavy atom. The van der Waals surface area contributed by atoms with Crippen LogP contribution >= 0.6 is 11.6 Å². The van der Waals surface area contributed by atoms with Crippen molar-refractivity contribution < 1.29 is 14.3 Å². The summed E-state index contributed by atoms with van der Waals surface area (Å²) in [6.45, 7) is 4.53. The average molecular weight is 431 g/mol. The highest BCUT2D eigenvalue weighted by Crippen LogP contribution is 2.24. The van der Waals surface area contributed by atoms with E-state index in [9.17, 15) is 9.59 Å². The predicted octanol–water partition coefficient (Wildman–Crippen LogP) is 2.72. The number of carbonyl (C=O) groups excluding carboxylic acids is 2. The second-order valence-corrected chi connectivity index (χ2v) is 7.68. The fourth-order valence-corrected chi connectivity index (χ4v) is 3.50. The number of amides is 2. The first-order chi connectivity index (χ1) is 14.5. The molecule has 1 aliphatic rings. The molecule has 0 bridgehead atoms. The number of morpholine rings is 1. The summed E-state index contributed by atoms with van der Waals surface area (Å²) in [5.74, 6) is -0.502. The van der Waals surface area contributed by atoms with Crippen molar-refractivity contribution in [3.05, 3.63) is 58.6 Å². The highest BCUT2D eigenvalue weighted by Gasteiger charge is 2.17. The molecule has 7 nitrogen and oxygen atoms in total. The van der Waals surface area contributed by atoms with E-state index < -0.39 is 0 Å². The molecule has 0 aliphatic carbocycles. The van der Waals surface area contributed by atoms with Crippen LogP contribution in [0.1, 0.15) is 20.7 Å². The fraction of sp³-hybridized carbons (Fsp3) is 0.364. The number of rotatable bonds is 7. The molecule has 3 rings (SSSR count). The van der Waals surface area contributed by atoms with Crippen molar-refractivity contribution in [1.29, 1.82) is 0 Å². The number of halogens is 1. The van der Waals surface area contributed by atoms with E-state index in [0.29, 0.717) is 28.4 Å². The number of hydrogen-bond donors (Lipinski definition) is 2. The van der Waals surface area contributed by atoms with Gasteiger partial charge >= 0.3 is 0 Å². The van der Waals surface area contributed by atoms with Gasteiger partial charge in [0.25, 0.3) is 11.8 Å². The molecular weight excluding hydrogens is 404 g/mol. The molecule has 2 aromatic rings. The molecule has 0 unspecified atom stereocenters. The summed E-state index contributed by atoms with van der Waals surface area (Å²) in [7, 11) is 3.75. The van der Waals surface area contributed by atoms with Gasteiger partial charge in [-0.1, -0.05) is 23.7 Å². The van der Waals surface area contributed by atoms with E-state index in [1.807, 2.05) is 25.1 Å². The normalized spacial score (nSPS) is 14.2.